The van der Waals surface area contributed by atoms with Crippen molar-refractivity contribution < 1.29 is 4.74 Å². The molecule has 1 unspecified atom stereocenters. The van der Waals surface area contributed by atoms with Crippen molar-refractivity contribution in [1.82, 2.24) is 5.32 Å². The molecule has 0 bridgehead atoms. The maximum Gasteiger partial charge on any atom is 0.146 e. The topological polar surface area (TPSA) is 21.3 Å². The van der Waals surface area contributed by atoms with Crippen LogP contribution in [0.25, 0.3) is 0 Å². The maximum absolute atomic E-state index is 4.94. The summed E-state index contributed by atoms with van der Waals surface area (Å²) in [6.45, 7) is 8.31. The first kappa shape index (κ1) is 7.50. The molecule has 8 heavy (non-hydrogen) atoms. The molecule has 0 fully saturated rings. The Bertz CT molecular complexity index is 63.5. The molecular formula is C6H13NO. The fraction of sp³-hybridized carbons (Fsp3) is 0.667. The largest absolute Gasteiger partial charge is 0.484 e. The van der Waals surface area contributed by atoms with Crippen molar-refractivity contribution in [2.45, 2.75) is 20.1 Å². The average molecular weight is 115 g/mol. The zero-order valence-corrected chi connectivity index (χ0v) is 5.48. The van der Waals surface area contributed by atoms with Gasteiger partial charge in [-0.25, -0.2) is 0 Å². The highest BCUT2D eigenvalue weighted by Gasteiger charge is 1.91. The average Bonchev–Trinajstić information content (AvgIpc) is 1.68. The normalized spacial score (nSPS) is 12.8. The Morgan fingerprint density at radius 2 is 2.50 bits per heavy atom. The molecule has 0 saturated carbocycles. The highest BCUT2D eigenvalue weighted by Crippen LogP contribution is 1.82. The Labute approximate surface area is 50.5 Å². The van der Waals surface area contributed by atoms with E-state index in [1.807, 2.05) is 13.8 Å². The molecule has 0 heterocycles. The van der Waals surface area contributed by atoms with E-state index >= 15 is 0 Å². The Balaban J connectivity index is 3.03. The molecule has 0 saturated heterocycles. The lowest BCUT2D eigenvalue weighted by Crippen LogP contribution is -2.26. The van der Waals surface area contributed by atoms with Gasteiger partial charge in [-0.05, 0) is 13.5 Å². The summed E-state index contributed by atoms with van der Waals surface area (Å²) in [5.74, 6) is 0. The highest BCUT2D eigenvalue weighted by molar-refractivity contribution is 4.53. The molecule has 0 radical (unpaired) electrons. The van der Waals surface area contributed by atoms with Gasteiger partial charge in [0, 0.05) is 0 Å². The number of hydrogen-bond donors (Lipinski definition) is 1. The third kappa shape index (κ3) is 3.68. The summed E-state index contributed by atoms with van der Waals surface area (Å²) in [6.07, 6.45) is 1.53. The summed E-state index contributed by atoms with van der Waals surface area (Å²) in [4.78, 5) is 0. The molecule has 0 aromatic carbocycles. The van der Waals surface area contributed by atoms with Gasteiger partial charge in [0.05, 0.1) is 6.26 Å². The predicted octanol–water partition coefficient (Wildman–Crippen LogP) is 1.10. The second kappa shape index (κ2) is 4.65. The molecule has 0 rings (SSSR count). The van der Waals surface area contributed by atoms with Crippen molar-refractivity contribution in [2.24, 2.45) is 0 Å². The third-order valence-corrected chi connectivity index (χ3v) is 0.792. The van der Waals surface area contributed by atoms with Crippen LogP contribution in [-0.4, -0.2) is 12.8 Å². The first-order chi connectivity index (χ1) is 3.81. The lowest BCUT2D eigenvalue weighted by molar-refractivity contribution is 0.131. The molecule has 1 N–H and O–H groups in total. The Kier molecular flexibility index (Phi) is 4.36. The number of ether oxygens (including phenoxy) is 1. The van der Waals surface area contributed by atoms with Gasteiger partial charge in [-0.2, -0.15) is 0 Å². The van der Waals surface area contributed by atoms with E-state index in [2.05, 4.69) is 11.9 Å². The fourth-order valence-corrected chi connectivity index (χ4v) is 0.480. The van der Waals surface area contributed by atoms with Gasteiger partial charge in [0.15, 0.2) is 0 Å². The van der Waals surface area contributed by atoms with Crippen molar-refractivity contribution in [3.63, 3.8) is 0 Å². The molecular weight excluding hydrogens is 102 g/mol. The Morgan fingerprint density at radius 1 is 1.88 bits per heavy atom. The van der Waals surface area contributed by atoms with Crippen LogP contribution < -0.4 is 5.32 Å². The van der Waals surface area contributed by atoms with Crippen LogP contribution in [0.5, 0.6) is 0 Å². The van der Waals surface area contributed by atoms with Crippen LogP contribution in [0.3, 0.4) is 0 Å². The second-order valence-corrected chi connectivity index (χ2v) is 1.50. The standard InChI is InChI=1S/C6H13NO/c1-4-7-6(3)8-5-2/h5-7H,2,4H2,1,3H3. The van der Waals surface area contributed by atoms with Crippen molar-refractivity contribution in [1.29, 1.82) is 0 Å². The molecule has 0 spiro atoms. The maximum atomic E-state index is 4.94. The van der Waals surface area contributed by atoms with Crippen LogP contribution in [0.15, 0.2) is 12.8 Å². The molecule has 0 aliphatic rings. The van der Waals surface area contributed by atoms with Crippen LogP contribution in [-0.2, 0) is 4.74 Å². The molecule has 2 nitrogen and oxygen atoms in total. The zero-order valence-electron chi connectivity index (χ0n) is 5.48. The third-order valence-electron chi connectivity index (χ3n) is 0.792. The van der Waals surface area contributed by atoms with E-state index in [0.29, 0.717) is 0 Å². The van der Waals surface area contributed by atoms with Gasteiger partial charge in [0.1, 0.15) is 6.23 Å². The van der Waals surface area contributed by atoms with Gasteiger partial charge in [-0.3, -0.25) is 5.32 Å². The smallest absolute Gasteiger partial charge is 0.146 e. The number of nitrogens with one attached hydrogen (secondary N) is 1. The Morgan fingerprint density at radius 3 is 2.88 bits per heavy atom. The minimum absolute atomic E-state index is 0.0949. The van der Waals surface area contributed by atoms with Crippen molar-refractivity contribution in [3.8, 4) is 0 Å². The summed E-state index contributed by atoms with van der Waals surface area (Å²) in [5, 5.41) is 3.05. The van der Waals surface area contributed by atoms with Crippen molar-refractivity contribution in [3.05, 3.63) is 12.8 Å². The first-order valence-electron chi connectivity index (χ1n) is 2.81. The van der Waals surface area contributed by atoms with Gasteiger partial charge < -0.3 is 4.74 Å². The van der Waals surface area contributed by atoms with Crippen molar-refractivity contribution >= 4 is 0 Å². The lowest BCUT2D eigenvalue weighted by atomic mass is 10.6. The predicted molar refractivity (Wildman–Crippen MR) is 34.4 cm³/mol. The molecule has 2 heteroatoms. The van der Waals surface area contributed by atoms with Crippen molar-refractivity contribution in [2.75, 3.05) is 6.54 Å². The fourth-order valence-electron chi connectivity index (χ4n) is 0.480. The summed E-state index contributed by atoms with van der Waals surface area (Å²) in [5.41, 5.74) is 0. The summed E-state index contributed by atoms with van der Waals surface area (Å²) in [6, 6.07) is 0. The van der Waals surface area contributed by atoms with Gasteiger partial charge in [-0.1, -0.05) is 13.5 Å². The molecule has 0 aromatic rings. The number of rotatable bonds is 4. The van der Waals surface area contributed by atoms with Crippen LogP contribution in [0.2, 0.25) is 0 Å². The summed E-state index contributed by atoms with van der Waals surface area (Å²) < 4.78 is 4.94. The summed E-state index contributed by atoms with van der Waals surface area (Å²) in [7, 11) is 0. The molecule has 0 aliphatic carbocycles. The van der Waals surface area contributed by atoms with Crippen LogP contribution in [0, 0.1) is 0 Å². The van der Waals surface area contributed by atoms with Gasteiger partial charge in [0.25, 0.3) is 0 Å². The molecule has 1 atom stereocenters. The van der Waals surface area contributed by atoms with E-state index in [1.165, 1.54) is 6.26 Å². The van der Waals surface area contributed by atoms with E-state index in [0.717, 1.165) is 6.54 Å². The quantitative estimate of drug-likeness (QED) is 0.437. The zero-order chi connectivity index (χ0) is 6.41. The van der Waals surface area contributed by atoms with E-state index in [9.17, 15) is 0 Å². The van der Waals surface area contributed by atoms with Gasteiger partial charge in [-0.15, -0.1) is 0 Å². The van der Waals surface area contributed by atoms with Crippen LogP contribution in [0.4, 0.5) is 0 Å². The van der Waals surface area contributed by atoms with E-state index in [4.69, 9.17) is 4.74 Å². The highest BCUT2D eigenvalue weighted by atomic mass is 16.5. The van der Waals surface area contributed by atoms with Gasteiger partial charge >= 0.3 is 0 Å². The molecule has 0 aliphatic heterocycles. The summed E-state index contributed by atoms with van der Waals surface area (Å²) >= 11 is 0. The van der Waals surface area contributed by atoms with Crippen LogP contribution in [0.1, 0.15) is 13.8 Å². The lowest BCUT2D eigenvalue weighted by Gasteiger charge is -2.09. The number of hydrogen-bond acceptors (Lipinski definition) is 2. The van der Waals surface area contributed by atoms with E-state index in [-0.39, 0.29) is 6.23 Å². The van der Waals surface area contributed by atoms with E-state index < -0.39 is 0 Å². The van der Waals surface area contributed by atoms with Gasteiger partial charge in [0.2, 0.25) is 0 Å². The molecule has 0 amide bonds. The minimum Gasteiger partial charge on any atom is -0.484 e. The molecule has 48 valence electrons. The first-order valence-corrected chi connectivity index (χ1v) is 2.81. The molecule has 0 aromatic heterocycles. The second-order valence-electron chi connectivity index (χ2n) is 1.50. The Hall–Kier alpha value is -0.500. The van der Waals surface area contributed by atoms with Crippen LogP contribution >= 0.6 is 0 Å². The monoisotopic (exact) mass is 115 g/mol. The SMILES string of the molecule is C=COC(C)NCC. The minimum atomic E-state index is 0.0949. The van der Waals surface area contributed by atoms with E-state index in [1.54, 1.807) is 0 Å².